The van der Waals surface area contributed by atoms with Crippen molar-refractivity contribution in [3.8, 4) is 0 Å². The molecule has 3 rings (SSSR count). The number of carbonyl (C=O) groups excluding carboxylic acids is 3. The zero-order valence-electron chi connectivity index (χ0n) is 14.7. The van der Waals surface area contributed by atoms with Crippen molar-refractivity contribution in [1.29, 1.82) is 0 Å². The van der Waals surface area contributed by atoms with Gasteiger partial charge in [-0.2, -0.15) is 0 Å². The first-order valence-corrected chi connectivity index (χ1v) is 8.84. The first-order valence-electron chi connectivity index (χ1n) is 8.02. The number of hydrogen-bond acceptors (Lipinski definition) is 5. The van der Waals surface area contributed by atoms with Gasteiger partial charge >= 0.3 is 0 Å². The third kappa shape index (κ3) is 3.88. The van der Waals surface area contributed by atoms with Crippen molar-refractivity contribution in [1.82, 2.24) is 4.90 Å². The molecule has 0 atom stereocenters. The molecule has 1 aliphatic heterocycles. The third-order valence-electron chi connectivity index (χ3n) is 3.88. The van der Waals surface area contributed by atoms with Crippen LogP contribution in [0.1, 0.15) is 22.6 Å². The average molecular weight is 370 g/mol. The molecule has 0 spiro atoms. The number of carbonyl (C=O) groups is 3. The number of hydrogen-bond donors (Lipinski definition) is 1. The fourth-order valence-corrected chi connectivity index (χ4v) is 3.38. The molecule has 7 heteroatoms. The largest absolute Gasteiger partial charge is 0.466 e. The quantitative estimate of drug-likeness (QED) is 0.826. The Balaban J connectivity index is 1.70. The summed E-state index contributed by atoms with van der Waals surface area (Å²) in [4.78, 5) is 38.0. The van der Waals surface area contributed by atoms with Gasteiger partial charge in [-0.3, -0.25) is 19.3 Å². The second-order valence-corrected chi connectivity index (χ2v) is 7.04. The molecular weight excluding hydrogens is 352 g/mol. The molecule has 1 N–H and O–H groups in total. The van der Waals surface area contributed by atoms with Gasteiger partial charge in [0, 0.05) is 11.3 Å². The van der Waals surface area contributed by atoms with E-state index < -0.39 is 17.1 Å². The van der Waals surface area contributed by atoms with E-state index in [1.807, 2.05) is 26.0 Å². The van der Waals surface area contributed by atoms with E-state index in [2.05, 4.69) is 5.32 Å². The summed E-state index contributed by atoms with van der Waals surface area (Å²) < 4.78 is 5.43. The molecule has 1 aromatic carbocycles. The van der Waals surface area contributed by atoms with Crippen molar-refractivity contribution in [2.75, 3.05) is 11.9 Å². The van der Waals surface area contributed by atoms with Crippen LogP contribution in [0, 0.1) is 20.8 Å². The molecular formula is C19H18N2O4S. The maximum atomic E-state index is 12.5. The highest BCUT2D eigenvalue weighted by Crippen LogP contribution is 2.33. The molecule has 0 saturated carbocycles. The van der Waals surface area contributed by atoms with Gasteiger partial charge in [-0.1, -0.05) is 17.7 Å². The molecule has 1 saturated heterocycles. The summed E-state index contributed by atoms with van der Waals surface area (Å²) in [5, 5.41) is 2.23. The van der Waals surface area contributed by atoms with Crippen molar-refractivity contribution in [3.63, 3.8) is 0 Å². The van der Waals surface area contributed by atoms with Gasteiger partial charge in [0.15, 0.2) is 0 Å². The lowest BCUT2D eigenvalue weighted by molar-refractivity contribution is -0.127. The lowest BCUT2D eigenvalue weighted by atomic mass is 10.2. The van der Waals surface area contributed by atoms with Crippen molar-refractivity contribution < 1.29 is 18.8 Å². The zero-order chi connectivity index (χ0) is 18.8. The molecule has 3 amide bonds. The summed E-state index contributed by atoms with van der Waals surface area (Å²) in [6.07, 6.45) is 1.62. The Morgan fingerprint density at radius 3 is 2.50 bits per heavy atom. The third-order valence-corrected chi connectivity index (χ3v) is 4.78. The second-order valence-electron chi connectivity index (χ2n) is 6.05. The normalized spacial score (nSPS) is 15.8. The van der Waals surface area contributed by atoms with Crippen LogP contribution in [0.25, 0.3) is 6.08 Å². The van der Waals surface area contributed by atoms with Crippen molar-refractivity contribution >= 4 is 40.6 Å². The molecule has 0 bridgehead atoms. The second kappa shape index (κ2) is 7.21. The molecule has 2 aromatic rings. The van der Waals surface area contributed by atoms with E-state index in [1.54, 1.807) is 31.2 Å². The topological polar surface area (TPSA) is 79.6 Å². The standard InChI is InChI=1S/C19H18N2O4S/c1-11-4-6-15(7-5-11)20-17(22)10-21-18(23)16(26-19(21)24)9-14-8-12(2)25-13(14)3/h4-9H,10H2,1-3H3,(H,20,22)/b16-9-. The Morgan fingerprint density at radius 1 is 1.19 bits per heavy atom. The van der Waals surface area contributed by atoms with E-state index in [9.17, 15) is 14.4 Å². The van der Waals surface area contributed by atoms with Gasteiger partial charge in [0.1, 0.15) is 18.1 Å². The summed E-state index contributed by atoms with van der Waals surface area (Å²) in [6, 6.07) is 9.07. The number of anilines is 1. The van der Waals surface area contributed by atoms with Crippen molar-refractivity contribution in [2.24, 2.45) is 0 Å². The van der Waals surface area contributed by atoms with Crippen LogP contribution < -0.4 is 5.32 Å². The van der Waals surface area contributed by atoms with Crippen LogP contribution in [0.3, 0.4) is 0 Å². The van der Waals surface area contributed by atoms with Gasteiger partial charge in [-0.25, -0.2) is 0 Å². The predicted molar refractivity (Wildman–Crippen MR) is 101 cm³/mol. The van der Waals surface area contributed by atoms with Gasteiger partial charge in [-0.15, -0.1) is 0 Å². The number of imide groups is 1. The molecule has 0 unspecified atom stereocenters. The van der Waals surface area contributed by atoms with Gasteiger partial charge in [0.2, 0.25) is 5.91 Å². The maximum Gasteiger partial charge on any atom is 0.294 e. The Labute approximate surface area is 155 Å². The summed E-state index contributed by atoms with van der Waals surface area (Å²) in [5.74, 6) is 0.502. The number of benzene rings is 1. The maximum absolute atomic E-state index is 12.5. The van der Waals surface area contributed by atoms with E-state index in [-0.39, 0.29) is 11.4 Å². The molecule has 0 radical (unpaired) electrons. The summed E-state index contributed by atoms with van der Waals surface area (Å²) in [5.41, 5.74) is 2.44. The van der Waals surface area contributed by atoms with Crippen LogP contribution >= 0.6 is 11.8 Å². The summed E-state index contributed by atoms with van der Waals surface area (Å²) >= 11 is 0.822. The fraction of sp³-hybridized carbons (Fsp3) is 0.211. The Kier molecular flexibility index (Phi) is 4.99. The minimum atomic E-state index is -0.475. The van der Waals surface area contributed by atoms with Crippen LogP contribution in [0.4, 0.5) is 10.5 Å². The lowest BCUT2D eigenvalue weighted by Gasteiger charge is -2.12. The predicted octanol–water partition coefficient (Wildman–Crippen LogP) is 3.88. The minimum Gasteiger partial charge on any atom is -0.466 e. The van der Waals surface area contributed by atoms with E-state index in [0.29, 0.717) is 11.4 Å². The number of rotatable bonds is 4. The highest BCUT2D eigenvalue weighted by molar-refractivity contribution is 8.18. The van der Waals surface area contributed by atoms with E-state index in [4.69, 9.17) is 4.42 Å². The summed E-state index contributed by atoms with van der Waals surface area (Å²) in [7, 11) is 0. The SMILES string of the molecule is Cc1ccc(NC(=O)CN2C(=O)S/C(=C\c3cc(C)oc3C)C2=O)cc1. The molecule has 6 nitrogen and oxygen atoms in total. The molecule has 2 heterocycles. The Hall–Kier alpha value is -2.80. The number of furan rings is 1. The number of aryl methyl sites for hydroxylation is 3. The van der Waals surface area contributed by atoms with E-state index in [1.165, 1.54) is 0 Å². The van der Waals surface area contributed by atoms with Crippen molar-refractivity contribution in [2.45, 2.75) is 20.8 Å². The first kappa shape index (κ1) is 18.0. The molecule has 0 aliphatic carbocycles. The van der Waals surface area contributed by atoms with Crippen LogP contribution in [0.2, 0.25) is 0 Å². The van der Waals surface area contributed by atoms with E-state index >= 15 is 0 Å². The zero-order valence-corrected chi connectivity index (χ0v) is 15.5. The van der Waals surface area contributed by atoms with Crippen LogP contribution in [0.15, 0.2) is 39.7 Å². The molecule has 134 valence electrons. The van der Waals surface area contributed by atoms with Gasteiger partial charge < -0.3 is 9.73 Å². The fourth-order valence-electron chi connectivity index (χ4n) is 2.55. The molecule has 1 aliphatic rings. The molecule has 1 aromatic heterocycles. The number of thioether (sulfide) groups is 1. The number of amides is 3. The number of nitrogens with zero attached hydrogens (tertiary/aromatic N) is 1. The van der Waals surface area contributed by atoms with Crippen LogP contribution in [0.5, 0.6) is 0 Å². The highest BCUT2D eigenvalue weighted by atomic mass is 32.2. The Bertz CT molecular complexity index is 912. The monoisotopic (exact) mass is 370 g/mol. The highest BCUT2D eigenvalue weighted by Gasteiger charge is 2.36. The average Bonchev–Trinajstić information content (AvgIpc) is 3.03. The van der Waals surface area contributed by atoms with Crippen LogP contribution in [-0.2, 0) is 9.59 Å². The Morgan fingerprint density at radius 2 is 1.88 bits per heavy atom. The lowest BCUT2D eigenvalue weighted by Crippen LogP contribution is -2.36. The minimum absolute atomic E-state index is 0.280. The van der Waals surface area contributed by atoms with Gasteiger partial charge in [0.25, 0.3) is 11.1 Å². The van der Waals surface area contributed by atoms with Gasteiger partial charge in [0.05, 0.1) is 4.91 Å². The van der Waals surface area contributed by atoms with Gasteiger partial charge in [-0.05, 0) is 56.8 Å². The van der Waals surface area contributed by atoms with E-state index in [0.717, 1.165) is 33.5 Å². The molecule has 1 fully saturated rings. The first-order chi connectivity index (χ1) is 12.3. The van der Waals surface area contributed by atoms with Crippen LogP contribution in [-0.4, -0.2) is 28.5 Å². The summed E-state index contributed by atoms with van der Waals surface area (Å²) in [6.45, 7) is 5.23. The van der Waals surface area contributed by atoms with Crippen molar-refractivity contribution in [3.05, 3.63) is 57.9 Å². The molecule has 26 heavy (non-hydrogen) atoms. The number of nitrogens with one attached hydrogen (secondary N) is 1. The smallest absolute Gasteiger partial charge is 0.294 e.